The molecule has 1 rings (SSSR count). The Morgan fingerprint density at radius 3 is 2.64 bits per heavy atom. The van der Waals surface area contributed by atoms with Crippen LogP contribution in [-0.2, 0) is 0 Å². The van der Waals surface area contributed by atoms with E-state index in [1.165, 1.54) is 6.07 Å². The van der Waals surface area contributed by atoms with E-state index in [1.807, 2.05) is 0 Å². The average Bonchev–Trinajstić information content (AvgIpc) is 1.85. The molecule has 0 aromatic heterocycles. The Kier molecular flexibility index (Phi) is 2.51. The fourth-order valence-electron chi connectivity index (χ4n) is 0.651. The highest BCUT2D eigenvalue weighted by Crippen LogP contribution is 2.25. The summed E-state index contributed by atoms with van der Waals surface area (Å²) in [5, 5.41) is 10.3. The minimum Gasteiger partial charge on any atom is -0.258 e. The number of hydrogen-bond donors (Lipinski definition) is 1. The number of benzene rings is 1. The number of nitro groups is 1. The minimum absolute atomic E-state index is 0.0246. The maximum Gasteiger partial charge on any atom is 0.282 e. The molecule has 0 N–H and O–H groups in total. The van der Waals surface area contributed by atoms with Crippen LogP contribution in [-0.4, -0.2) is 4.92 Å². The Balaban J connectivity index is 3.20. The average molecular weight is 234 g/mol. The van der Waals surface area contributed by atoms with Crippen molar-refractivity contribution in [3.8, 4) is 0 Å². The zero-order valence-corrected chi connectivity index (χ0v) is 7.80. The van der Waals surface area contributed by atoms with E-state index in [0.29, 0.717) is 4.90 Å². The van der Waals surface area contributed by atoms with Gasteiger partial charge in [0.25, 0.3) is 5.69 Å². The van der Waals surface area contributed by atoms with Gasteiger partial charge in [-0.2, -0.15) is 0 Å². The Morgan fingerprint density at radius 1 is 1.55 bits per heavy atom. The Bertz CT molecular complexity index is 303. The molecule has 0 amide bonds. The second kappa shape index (κ2) is 3.23. The summed E-state index contributed by atoms with van der Waals surface area (Å²) in [4.78, 5) is 10.2. The summed E-state index contributed by atoms with van der Waals surface area (Å²) < 4.78 is 0.785. The lowest BCUT2D eigenvalue weighted by molar-refractivity contribution is -0.387. The van der Waals surface area contributed by atoms with Gasteiger partial charge in [-0.1, -0.05) is 15.9 Å². The van der Waals surface area contributed by atoms with Crippen molar-refractivity contribution in [2.24, 2.45) is 0 Å². The van der Waals surface area contributed by atoms with Crippen LogP contribution in [0.2, 0.25) is 0 Å². The second-order valence-corrected chi connectivity index (χ2v) is 3.29. The van der Waals surface area contributed by atoms with Crippen LogP contribution in [0.5, 0.6) is 0 Å². The van der Waals surface area contributed by atoms with Gasteiger partial charge < -0.3 is 0 Å². The molecule has 0 fully saturated rings. The molecule has 0 aliphatic heterocycles. The maximum atomic E-state index is 10.3. The molecule has 0 bridgehead atoms. The van der Waals surface area contributed by atoms with Crippen molar-refractivity contribution < 1.29 is 4.92 Å². The molecular weight excluding hydrogens is 230 g/mol. The minimum atomic E-state index is -0.464. The first-order chi connectivity index (χ1) is 5.11. The van der Waals surface area contributed by atoms with E-state index in [2.05, 4.69) is 28.6 Å². The van der Waals surface area contributed by atoms with Crippen LogP contribution in [0.4, 0.5) is 5.69 Å². The highest BCUT2D eigenvalue weighted by molar-refractivity contribution is 9.10. The van der Waals surface area contributed by atoms with E-state index < -0.39 is 4.92 Å². The molecule has 1 aromatic carbocycles. The molecule has 0 atom stereocenters. The summed E-state index contributed by atoms with van der Waals surface area (Å²) in [6.45, 7) is 0. The Morgan fingerprint density at radius 2 is 2.18 bits per heavy atom. The van der Waals surface area contributed by atoms with Crippen molar-refractivity contribution in [1.29, 1.82) is 0 Å². The normalized spacial score (nSPS) is 9.64. The molecule has 58 valence electrons. The monoisotopic (exact) mass is 233 g/mol. The summed E-state index contributed by atoms with van der Waals surface area (Å²) in [6, 6.07) is 4.60. The second-order valence-electron chi connectivity index (χ2n) is 1.89. The lowest BCUT2D eigenvalue weighted by Crippen LogP contribution is -1.88. The van der Waals surface area contributed by atoms with E-state index in [9.17, 15) is 10.1 Å². The largest absolute Gasteiger partial charge is 0.282 e. The molecule has 3 nitrogen and oxygen atoms in total. The van der Waals surface area contributed by atoms with Gasteiger partial charge in [0.1, 0.15) is 0 Å². The smallest absolute Gasteiger partial charge is 0.258 e. The fraction of sp³-hybridized carbons (Fsp3) is 0. The molecule has 0 unspecified atom stereocenters. The van der Waals surface area contributed by atoms with E-state index in [1.54, 1.807) is 12.1 Å². The first kappa shape index (κ1) is 8.55. The van der Waals surface area contributed by atoms with Crippen molar-refractivity contribution in [1.82, 2.24) is 0 Å². The van der Waals surface area contributed by atoms with Gasteiger partial charge in [0.2, 0.25) is 0 Å². The molecule has 0 aliphatic carbocycles. The topological polar surface area (TPSA) is 43.1 Å². The van der Waals surface area contributed by atoms with Crippen LogP contribution in [0.1, 0.15) is 0 Å². The van der Waals surface area contributed by atoms with Gasteiger partial charge in [-0.25, -0.2) is 0 Å². The summed E-state index contributed by atoms with van der Waals surface area (Å²) in [5.74, 6) is 0. The molecule has 0 radical (unpaired) electrons. The summed E-state index contributed by atoms with van der Waals surface area (Å²) in [7, 11) is 0. The van der Waals surface area contributed by atoms with Crippen LogP contribution < -0.4 is 0 Å². The number of rotatable bonds is 1. The molecule has 0 heterocycles. The molecule has 0 aliphatic rings. The van der Waals surface area contributed by atoms with Gasteiger partial charge in [0.05, 0.1) is 9.82 Å². The summed E-state index contributed by atoms with van der Waals surface area (Å²) >= 11 is 7.11. The molecule has 0 saturated heterocycles. The summed E-state index contributed by atoms with van der Waals surface area (Å²) in [5.41, 5.74) is 0.0246. The number of hydrogen-bond acceptors (Lipinski definition) is 3. The van der Waals surface area contributed by atoms with E-state index in [-0.39, 0.29) is 5.69 Å². The van der Waals surface area contributed by atoms with Gasteiger partial charge in [-0.05, 0) is 12.1 Å². The number of nitro benzene ring substituents is 1. The third kappa shape index (κ3) is 1.94. The first-order valence-corrected chi connectivity index (χ1v) is 3.98. The Labute approximate surface area is 77.1 Å². The predicted molar refractivity (Wildman–Crippen MR) is 48.0 cm³/mol. The van der Waals surface area contributed by atoms with Crippen LogP contribution in [0, 0.1) is 10.1 Å². The van der Waals surface area contributed by atoms with Gasteiger partial charge in [-0.3, -0.25) is 10.1 Å². The summed E-state index contributed by atoms with van der Waals surface area (Å²) in [6.07, 6.45) is 0. The van der Waals surface area contributed by atoms with Crippen LogP contribution in [0.3, 0.4) is 0 Å². The third-order valence-corrected chi connectivity index (χ3v) is 1.99. The number of thiol groups is 1. The highest BCUT2D eigenvalue weighted by Gasteiger charge is 2.09. The first-order valence-electron chi connectivity index (χ1n) is 2.74. The SMILES string of the molecule is O=[N+]([O-])c1ccc(Br)cc1S. The standard InChI is InChI=1S/C6H4BrNO2S/c7-4-1-2-5(8(9)10)6(11)3-4/h1-3,11H. The predicted octanol–water partition coefficient (Wildman–Crippen LogP) is 2.65. The molecule has 0 saturated carbocycles. The van der Waals surface area contributed by atoms with Crippen molar-refractivity contribution in [2.45, 2.75) is 4.90 Å². The van der Waals surface area contributed by atoms with Crippen molar-refractivity contribution in [3.05, 3.63) is 32.8 Å². The zero-order valence-electron chi connectivity index (χ0n) is 5.32. The lowest BCUT2D eigenvalue weighted by Gasteiger charge is -1.94. The van der Waals surface area contributed by atoms with Crippen LogP contribution in [0.25, 0.3) is 0 Å². The molecule has 0 spiro atoms. The van der Waals surface area contributed by atoms with E-state index in [0.717, 1.165) is 4.47 Å². The highest BCUT2D eigenvalue weighted by atomic mass is 79.9. The van der Waals surface area contributed by atoms with Crippen molar-refractivity contribution in [3.63, 3.8) is 0 Å². The van der Waals surface area contributed by atoms with Gasteiger partial charge in [-0.15, -0.1) is 12.6 Å². The van der Waals surface area contributed by atoms with Crippen molar-refractivity contribution in [2.75, 3.05) is 0 Å². The molecule has 11 heavy (non-hydrogen) atoms. The van der Waals surface area contributed by atoms with Gasteiger partial charge in [0, 0.05) is 10.5 Å². The van der Waals surface area contributed by atoms with Gasteiger partial charge >= 0.3 is 0 Å². The quantitative estimate of drug-likeness (QED) is 0.461. The van der Waals surface area contributed by atoms with Gasteiger partial charge in [0.15, 0.2) is 0 Å². The van der Waals surface area contributed by atoms with E-state index >= 15 is 0 Å². The van der Waals surface area contributed by atoms with Crippen LogP contribution in [0.15, 0.2) is 27.6 Å². The zero-order chi connectivity index (χ0) is 8.43. The molecule has 1 aromatic rings. The fourth-order valence-corrected chi connectivity index (χ4v) is 1.48. The third-order valence-electron chi connectivity index (χ3n) is 1.13. The van der Waals surface area contributed by atoms with Crippen molar-refractivity contribution >= 4 is 34.2 Å². The van der Waals surface area contributed by atoms with E-state index in [4.69, 9.17) is 0 Å². The number of nitrogens with zero attached hydrogens (tertiary/aromatic N) is 1. The molecular formula is C6H4BrNO2S. The van der Waals surface area contributed by atoms with Crippen LogP contribution >= 0.6 is 28.6 Å². The lowest BCUT2D eigenvalue weighted by atomic mass is 10.3. The maximum absolute atomic E-state index is 10.3. The molecule has 5 heteroatoms. The number of halogens is 1. The Hall–Kier alpha value is -0.550.